The number of anilines is 1. The maximum absolute atomic E-state index is 12.4. The molecule has 0 aliphatic carbocycles. The summed E-state index contributed by atoms with van der Waals surface area (Å²) in [5.74, 6) is -0.744. The van der Waals surface area contributed by atoms with E-state index < -0.39 is 5.92 Å². The monoisotopic (exact) mass is 319 g/mol. The Kier molecular flexibility index (Phi) is 5.03. The zero-order chi connectivity index (χ0) is 15.4. The molecular weight excluding hydrogens is 302 g/mol. The predicted molar refractivity (Wildman–Crippen MR) is 90.6 cm³/mol. The first-order valence-electron chi connectivity index (χ1n) is 6.55. The second-order valence-corrected chi connectivity index (χ2v) is 6.47. The predicted octanol–water partition coefficient (Wildman–Crippen LogP) is 2.84. The van der Waals surface area contributed by atoms with E-state index in [4.69, 9.17) is 18.0 Å². The molecule has 2 aromatic rings. The number of aryl methyl sites for hydroxylation is 2. The molecule has 21 heavy (non-hydrogen) atoms. The van der Waals surface area contributed by atoms with Gasteiger partial charge in [0.1, 0.15) is 0 Å². The number of nitrogens with two attached hydrogens (primary N) is 1. The molecule has 1 aromatic carbocycles. The van der Waals surface area contributed by atoms with Crippen LogP contribution in [-0.4, -0.2) is 15.9 Å². The molecule has 4 nitrogen and oxygen atoms in total. The van der Waals surface area contributed by atoms with E-state index in [2.05, 4.69) is 10.3 Å². The molecular formula is C15H17N3OS2. The van der Waals surface area contributed by atoms with Gasteiger partial charge < -0.3 is 11.1 Å². The zero-order valence-corrected chi connectivity index (χ0v) is 13.6. The minimum absolute atomic E-state index is 0.196. The minimum atomic E-state index is -0.535. The van der Waals surface area contributed by atoms with Crippen LogP contribution in [0.4, 0.5) is 5.13 Å². The standard InChI is InChI=1S/C15H17N3OS2/c1-9-10(2)21-15(17-9)18-14(19)12(13(16)20)8-11-6-4-3-5-7-11/h3-7,12H,8H2,1-2H3,(H2,16,20)(H,17,18,19). The molecule has 0 radical (unpaired) electrons. The largest absolute Gasteiger partial charge is 0.393 e. The highest BCUT2D eigenvalue weighted by molar-refractivity contribution is 7.80. The molecule has 0 aliphatic heterocycles. The van der Waals surface area contributed by atoms with Crippen molar-refractivity contribution in [2.75, 3.05) is 5.32 Å². The molecule has 0 saturated heterocycles. The quantitative estimate of drug-likeness (QED) is 0.832. The third-order valence-electron chi connectivity index (χ3n) is 3.20. The Bertz CT molecular complexity index is 633. The van der Waals surface area contributed by atoms with E-state index in [0.29, 0.717) is 11.6 Å². The number of nitrogens with one attached hydrogen (secondary N) is 1. The van der Waals surface area contributed by atoms with Gasteiger partial charge in [-0.3, -0.25) is 4.79 Å². The Morgan fingerprint density at radius 2 is 2.05 bits per heavy atom. The third kappa shape index (κ3) is 4.09. The highest BCUT2D eigenvalue weighted by atomic mass is 32.1. The van der Waals surface area contributed by atoms with Crippen LogP contribution in [0.15, 0.2) is 30.3 Å². The lowest BCUT2D eigenvalue weighted by Crippen LogP contribution is -2.34. The van der Waals surface area contributed by atoms with Crippen LogP contribution in [0.5, 0.6) is 0 Å². The number of thiazole rings is 1. The summed E-state index contributed by atoms with van der Waals surface area (Å²) in [6, 6.07) is 9.70. The third-order valence-corrected chi connectivity index (χ3v) is 4.47. The van der Waals surface area contributed by atoms with Crippen molar-refractivity contribution in [3.63, 3.8) is 0 Å². The maximum atomic E-state index is 12.4. The molecule has 0 spiro atoms. The minimum Gasteiger partial charge on any atom is -0.393 e. The molecule has 2 rings (SSSR count). The van der Waals surface area contributed by atoms with Crippen molar-refractivity contribution >= 4 is 39.6 Å². The van der Waals surface area contributed by atoms with Crippen LogP contribution in [0.25, 0.3) is 0 Å². The number of nitrogens with zero attached hydrogens (tertiary/aromatic N) is 1. The lowest BCUT2D eigenvalue weighted by atomic mass is 9.98. The zero-order valence-electron chi connectivity index (χ0n) is 11.9. The van der Waals surface area contributed by atoms with Gasteiger partial charge in [0.15, 0.2) is 5.13 Å². The van der Waals surface area contributed by atoms with Crippen LogP contribution < -0.4 is 11.1 Å². The van der Waals surface area contributed by atoms with Gasteiger partial charge in [0.05, 0.1) is 16.6 Å². The normalized spacial score (nSPS) is 11.9. The topological polar surface area (TPSA) is 68.0 Å². The molecule has 3 N–H and O–H groups in total. The number of carbonyl (C=O) groups excluding carboxylic acids is 1. The van der Waals surface area contributed by atoms with Gasteiger partial charge in [-0.2, -0.15) is 0 Å². The Morgan fingerprint density at radius 3 is 2.57 bits per heavy atom. The van der Waals surface area contributed by atoms with Crippen LogP contribution in [0.3, 0.4) is 0 Å². The number of rotatable bonds is 5. The lowest BCUT2D eigenvalue weighted by Gasteiger charge is -2.14. The van der Waals surface area contributed by atoms with Gasteiger partial charge in [-0.05, 0) is 25.8 Å². The van der Waals surface area contributed by atoms with E-state index >= 15 is 0 Å². The van der Waals surface area contributed by atoms with Gasteiger partial charge in [0.25, 0.3) is 0 Å². The summed E-state index contributed by atoms with van der Waals surface area (Å²) in [5, 5.41) is 3.39. The van der Waals surface area contributed by atoms with E-state index in [1.807, 2.05) is 44.2 Å². The number of carbonyl (C=O) groups is 1. The van der Waals surface area contributed by atoms with E-state index in [1.54, 1.807) is 0 Å². The SMILES string of the molecule is Cc1nc(NC(=O)C(Cc2ccccc2)C(N)=S)sc1C. The first-order chi connectivity index (χ1) is 9.97. The molecule has 0 fully saturated rings. The Balaban J connectivity index is 2.11. The summed E-state index contributed by atoms with van der Waals surface area (Å²) in [6.45, 7) is 3.88. The van der Waals surface area contributed by atoms with Crippen LogP contribution in [0.2, 0.25) is 0 Å². The van der Waals surface area contributed by atoms with Crippen molar-refractivity contribution < 1.29 is 4.79 Å². The second-order valence-electron chi connectivity index (χ2n) is 4.79. The molecule has 1 heterocycles. The van der Waals surface area contributed by atoms with Crippen molar-refractivity contribution in [3.05, 3.63) is 46.5 Å². The summed E-state index contributed by atoms with van der Waals surface area (Å²) >= 11 is 6.49. The van der Waals surface area contributed by atoms with Crippen molar-refractivity contribution in [1.82, 2.24) is 4.98 Å². The number of amides is 1. The van der Waals surface area contributed by atoms with Gasteiger partial charge >= 0.3 is 0 Å². The molecule has 1 amide bonds. The number of hydrogen-bond donors (Lipinski definition) is 2. The summed E-state index contributed by atoms with van der Waals surface area (Å²) in [4.78, 5) is 17.9. The van der Waals surface area contributed by atoms with E-state index in [1.165, 1.54) is 11.3 Å². The molecule has 0 bridgehead atoms. The molecule has 1 atom stereocenters. The second kappa shape index (κ2) is 6.78. The summed E-state index contributed by atoms with van der Waals surface area (Å²) in [5.41, 5.74) is 7.67. The number of aromatic nitrogens is 1. The van der Waals surface area contributed by atoms with Gasteiger partial charge in [-0.1, -0.05) is 42.5 Å². The highest BCUT2D eigenvalue weighted by Crippen LogP contribution is 2.22. The van der Waals surface area contributed by atoms with Crippen molar-refractivity contribution in [3.8, 4) is 0 Å². The number of hydrogen-bond acceptors (Lipinski definition) is 4. The number of thiocarbonyl (C=S) groups is 1. The molecule has 0 aliphatic rings. The van der Waals surface area contributed by atoms with E-state index in [-0.39, 0.29) is 10.9 Å². The molecule has 110 valence electrons. The highest BCUT2D eigenvalue weighted by Gasteiger charge is 2.23. The molecule has 0 saturated carbocycles. The summed E-state index contributed by atoms with van der Waals surface area (Å²) < 4.78 is 0. The maximum Gasteiger partial charge on any atom is 0.236 e. The summed E-state index contributed by atoms with van der Waals surface area (Å²) in [6.07, 6.45) is 0.491. The molecule has 1 aromatic heterocycles. The average Bonchev–Trinajstić information content (AvgIpc) is 2.75. The fourth-order valence-electron chi connectivity index (χ4n) is 1.89. The van der Waals surface area contributed by atoms with Crippen LogP contribution >= 0.6 is 23.6 Å². The van der Waals surface area contributed by atoms with Crippen LogP contribution in [-0.2, 0) is 11.2 Å². The Labute approximate surface area is 133 Å². The van der Waals surface area contributed by atoms with Crippen LogP contribution in [0.1, 0.15) is 16.1 Å². The summed E-state index contributed by atoms with van der Waals surface area (Å²) in [7, 11) is 0. The average molecular weight is 319 g/mol. The first-order valence-corrected chi connectivity index (χ1v) is 7.78. The fourth-order valence-corrected chi connectivity index (χ4v) is 2.90. The van der Waals surface area contributed by atoms with E-state index in [9.17, 15) is 4.79 Å². The molecule has 1 unspecified atom stereocenters. The smallest absolute Gasteiger partial charge is 0.236 e. The van der Waals surface area contributed by atoms with Crippen molar-refractivity contribution in [2.24, 2.45) is 11.7 Å². The Morgan fingerprint density at radius 1 is 1.38 bits per heavy atom. The van der Waals surface area contributed by atoms with Crippen LogP contribution in [0, 0.1) is 19.8 Å². The molecule has 6 heteroatoms. The van der Waals surface area contributed by atoms with Gasteiger partial charge in [-0.15, -0.1) is 11.3 Å². The lowest BCUT2D eigenvalue weighted by molar-refractivity contribution is -0.118. The van der Waals surface area contributed by atoms with E-state index in [0.717, 1.165) is 16.1 Å². The first kappa shape index (κ1) is 15.6. The van der Waals surface area contributed by atoms with Gasteiger partial charge in [0.2, 0.25) is 5.91 Å². The fraction of sp³-hybridized carbons (Fsp3) is 0.267. The number of benzene rings is 1. The Hall–Kier alpha value is -1.79. The van der Waals surface area contributed by atoms with Gasteiger partial charge in [0, 0.05) is 4.88 Å². The van der Waals surface area contributed by atoms with Gasteiger partial charge in [-0.25, -0.2) is 4.98 Å². The van der Waals surface area contributed by atoms with Crippen molar-refractivity contribution in [1.29, 1.82) is 0 Å². The van der Waals surface area contributed by atoms with Crippen molar-refractivity contribution in [2.45, 2.75) is 20.3 Å².